The third-order valence-electron chi connectivity index (χ3n) is 14.8. The maximum Gasteiger partial charge on any atom is 0.220 e. The van der Waals surface area contributed by atoms with E-state index in [0.717, 1.165) is 77.0 Å². The second-order valence-corrected chi connectivity index (χ2v) is 21.4. The van der Waals surface area contributed by atoms with E-state index in [2.05, 4.69) is 55.6 Å². The summed E-state index contributed by atoms with van der Waals surface area (Å²) >= 11 is 0. The molecule has 0 saturated carbocycles. The summed E-state index contributed by atoms with van der Waals surface area (Å²) < 4.78 is 34.2. The van der Waals surface area contributed by atoms with E-state index < -0.39 is 124 Å². The molecule has 454 valence electrons. The molecular formula is C59H105NO18. The Bertz CT molecular complexity index is 1620. The second kappa shape index (κ2) is 42.6. The van der Waals surface area contributed by atoms with Crippen molar-refractivity contribution < 1.29 is 89.4 Å². The van der Waals surface area contributed by atoms with Crippen LogP contribution in [0, 0.1) is 0 Å². The van der Waals surface area contributed by atoms with Crippen LogP contribution in [0.3, 0.4) is 0 Å². The zero-order valence-corrected chi connectivity index (χ0v) is 47.1. The zero-order chi connectivity index (χ0) is 56.9. The van der Waals surface area contributed by atoms with Gasteiger partial charge in [-0.15, -0.1) is 0 Å². The third kappa shape index (κ3) is 26.3. The van der Waals surface area contributed by atoms with Gasteiger partial charge in [-0.05, 0) is 64.2 Å². The molecule has 17 atom stereocenters. The minimum atomic E-state index is -1.98. The first kappa shape index (κ1) is 70.0. The van der Waals surface area contributed by atoms with Crippen molar-refractivity contribution in [2.45, 2.75) is 291 Å². The number of allylic oxidation sites excluding steroid dienone is 7. The van der Waals surface area contributed by atoms with Crippen LogP contribution in [0.15, 0.2) is 48.6 Å². The van der Waals surface area contributed by atoms with Crippen molar-refractivity contribution >= 4 is 5.91 Å². The van der Waals surface area contributed by atoms with E-state index in [9.17, 15) is 61.0 Å². The van der Waals surface area contributed by atoms with Gasteiger partial charge in [-0.2, -0.15) is 0 Å². The van der Waals surface area contributed by atoms with Crippen LogP contribution in [0.2, 0.25) is 0 Å². The fraction of sp³-hybridized carbons (Fsp3) is 0.847. The molecule has 3 aliphatic heterocycles. The summed E-state index contributed by atoms with van der Waals surface area (Å²) in [5.74, 6) is -0.296. The zero-order valence-electron chi connectivity index (χ0n) is 47.1. The smallest absolute Gasteiger partial charge is 0.220 e. The number of amides is 1. The molecule has 0 aliphatic carbocycles. The topological polar surface area (TPSA) is 307 Å². The van der Waals surface area contributed by atoms with Crippen LogP contribution >= 0.6 is 0 Å². The molecule has 3 fully saturated rings. The lowest BCUT2D eigenvalue weighted by molar-refractivity contribution is -0.379. The highest BCUT2D eigenvalue weighted by molar-refractivity contribution is 5.76. The highest BCUT2D eigenvalue weighted by Gasteiger charge is 2.53. The SMILES string of the molecule is CCCCCC/C=C\C/C=C\CCCCCCCCCC(=O)NC(COC1OC(CO)C(OC2OC(CO)C(OC3OC(CO)C(O)C(O)C3O)C(O)C2O)C(O)C1O)C(O)/C=C/CC/C=C/CCCCCCCCCCC. The third-order valence-corrected chi connectivity index (χ3v) is 14.8. The Kier molecular flexibility index (Phi) is 38.2. The van der Waals surface area contributed by atoms with Gasteiger partial charge in [0.05, 0.1) is 38.6 Å². The highest BCUT2D eigenvalue weighted by Crippen LogP contribution is 2.33. The van der Waals surface area contributed by atoms with E-state index in [-0.39, 0.29) is 18.9 Å². The van der Waals surface area contributed by atoms with E-state index in [1.54, 1.807) is 6.08 Å². The molecule has 0 aromatic carbocycles. The van der Waals surface area contributed by atoms with Gasteiger partial charge in [0.2, 0.25) is 5.91 Å². The van der Waals surface area contributed by atoms with E-state index in [0.29, 0.717) is 12.8 Å². The number of ether oxygens (including phenoxy) is 6. The summed E-state index contributed by atoms with van der Waals surface area (Å²) in [6.45, 7) is 1.66. The maximum atomic E-state index is 13.3. The van der Waals surface area contributed by atoms with Crippen molar-refractivity contribution in [1.82, 2.24) is 5.32 Å². The molecule has 12 N–H and O–H groups in total. The Labute approximate surface area is 465 Å². The molecule has 3 heterocycles. The molecule has 0 bridgehead atoms. The van der Waals surface area contributed by atoms with E-state index in [1.165, 1.54) is 77.0 Å². The Morgan fingerprint density at radius 1 is 0.462 bits per heavy atom. The summed E-state index contributed by atoms with van der Waals surface area (Å²) in [6, 6.07) is -0.994. The number of rotatable bonds is 43. The quantitative estimate of drug-likeness (QED) is 0.0279. The molecule has 17 unspecified atom stereocenters. The van der Waals surface area contributed by atoms with Gasteiger partial charge in [0.15, 0.2) is 18.9 Å². The van der Waals surface area contributed by atoms with Gasteiger partial charge in [-0.3, -0.25) is 4.79 Å². The normalized spacial score (nSPS) is 30.8. The number of aliphatic hydroxyl groups excluding tert-OH is 11. The van der Waals surface area contributed by atoms with Gasteiger partial charge in [0.25, 0.3) is 0 Å². The van der Waals surface area contributed by atoms with Crippen molar-refractivity contribution in [2.24, 2.45) is 0 Å². The molecule has 19 nitrogen and oxygen atoms in total. The predicted octanol–water partition coefficient (Wildman–Crippen LogP) is 5.09. The van der Waals surface area contributed by atoms with Crippen LogP contribution in [-0.4, -0.2) is 193 Å². The molecule has 3 rings (SSSR count). The molecule has 1 amide bonds. The van der Waals surface area contributed by atoms with Crippen LogP contribution < -0.4 is 5.32 Å². The maximum absolute atomic E-state index is 13.3. The van der Waals surface area contributed by atoms with E-state index in [1.807, 2.05) is 6.08 Å². The fourth-order valence-corrected chi connectivity index (χ4v) is 9.88. The average molecular weight is 1120 g/mol. The number of hydrogen-bond acceptors (Lipinski definition) is 18. The summed E-state index contributed by atoms with van der Waals surface area (Å²) in [4.78, 5) is 13.3. The first-order chi connectivity index (χ1) is 37.8. The van der Waals surface area contributed by atoms with Gasteiger partial charge < -0.3 is 89.9 Å². The molecule has 19 heteroatoms. The van der Waals surface area contributed by atoms with Gasteiger partial charge in [-0.25, -0.2) is 0 Å². The summed E-state index contributed by atoms with van der Waals surface area (Å²) in [5, 5.41) is 120. The van der Waals surface area contributed by atoms with E-state index >= 15 is 0 Å². The number of carbonyl (C=O) groups excluding carboxylic acids is 1. The largest absolute Gasteiger partial charge is 0.394 e. The fourth-order valence-electron chi connectivity index (χ4n) is 9.88. The molecular weight excluding hydrogens is 1010 g/mol. The van der Waals surface area contributed by atoms with Crippen molar-refractivity contribution in [1.29, 1.82) is 0 Å². The second-order valence-electron chi connectivity index (χ2n) is 21.4. The van der Waals surface area contributed by atoms with Crippen LogP contribution in [0.5, 0.6) is 0 Å². The average Bonchev–Trinajstić information content (AvgIpc) is 3.48. The Hall–Kier alpha value is -2.25. The van der Waals surface area contributed by atoms with Crippen LogP contribution in [0.25, 0.3) is 0 Å². The Morgan fingerprint density at radius 3 is 1.37 bits per heavy atom. The predicted molar refractivity (Wildman–Crippen MR) is 295 cm³/mol. The minimum Gasteiger partial charge on any atom is -0.394 e. The van der Waals surface area contributed by atoms with Crippen molar-refractivity contribution in [3.05, 3.63) is 48.6 Å². The molecule has 0 radical (unpaired) electrons. The molecule has 0 aromatic rings. The number of carbonyl (C=O) groups is 1. The van der Waals surface area contributed by atoms with Gasteiger partial charge >= 0.3 is 0 Å². The molecule has 78 heavy (non-hydrogen) atoms. The van der Waals surface area contributed by atoms with E-state index in [4.69, 9.17) is 28.4 Å². The molecule has 3 aliphatic rings. The summed E-state index contributed by atoms with van der Waals surface area (Å²) in [6.07, 6.45) is 19.5. The lowest BCUT2D eigenvalue weighted by Crippen LogP contribution is -2.66. The monoisotopic (exact) mass is 1120 g/mol. The van der Waals surface area contributed by atoms with Gasteiger partial charge in [0, 0.05) is 6.42 Å². The number of unbranched alkanes of at least 4 members (excludes halogenated alkanes) is 21. The number of aliphatic hydroxyl groups is 11. The standard InChI is InChI=1S/C59H105NO18/c1-3-5-7-9-11-13-15-17-19-20-21-23-25-27-29-31-33-35-37-47(65)60-42(43(64)36-34-32-30-28-26-24-22-18-16-14-12-10-8-6-4-2)41-73-57-53(71)50(68)55(45(39-62)75-57)78-59-54(72)51(69)56(46(40-63)76-59)77-58-52(70)49(67)48(66)44(38-61)74-58/h13,15,19-20,26,28,34,36,42-46,48-59,61-64,66-72H,3-12,14,16-18,21-25,27,29-33,35,37-41H2,1-2H3,(H,60,65)/b15-13-,20-19-,28-26+,36-34+. The van der Waals surface area contributed by atoms with Crippen LogP contribution in [0.4, 0.5) is 0 Å². The van der Waals surface area contributed by atoms with Crippen LogP contribution in [-0.2, 0) is 33.2 Å². The number of hydrogen-bond donors (Lipinski definition) is 12. The minimum absolute atomic E-state index is 0.225. The van der Waals surface area contributed by atoms with Crippen LogP contribution in [0.1, 0.15) is 187 Å². The van der Waals surface area contributed by atoms with Gasteiger partial charge in [0.1, 0.15) is 73.2 Å². The Morgan fingerprint density at radius 2 is 0.859 bits per heavy atom. The summed E-state index contributed by atoms with van der Waals surface area (Å²) in [5.41, 5.74) is 0. The lowest BCUT2D eigenvalue weighted by atomic mass is 9.96. The van der Waals surface area contributed by atoms with Crippen molar-refractivity contribution in [2.75, 3.05) is 26.4 Å². The summed E-state index contributed by atoms with van der Waals surface area (Å²) in [7, 11) is 0. The van der Waals surface area contributed by atoms with Gasteiger partial charge in [-0.1, -0.05) is 165 Å². The number of nitrogens with one attached hydrogen (secondary N) is 1. The molecule has 3 saturated heterocycles. The highest BCUT2D eigenvalue weighted by atomic mass is 16.8. The van der Waals surface area contributed by atoms with Crippen molar-refractivity contribution in [3.8, 4) is 0 Å². The Balaban J connectivity index is 1.52. The molecule has 0 aromatic heterocycles. The molecule has 0 spiro atoms. The first-order valence-electron chi connectivity index (χ1n) is 29.9. The first-order valence-corrected chi connectivity index (χ1v) is 29.9. The lowest BCUT2D eigenvalue weighted by Gasteiger charge is -2.48. The van der Waals surface area contributed by atoms with Crippen molar-refractivity contribution in [3.63, 3.8) is 0 Å².